The van der Waals surface area contributed by atoms with E-state index in [0.717, 1.165) is 29.8 Å². The van der Waals surface area contributed by atoms with E-state index >= 15 is 0 Å². The minimum absolute atomic E-state index is 0. The number of anilines is 2. The average molecular weight is 366 g/mol. The maximum absolute atomic E-state index is 11.3. The van der Waals surface area contributed by atoms with Gasteiger partial charge in [0.25, 0.3) is 0 Å². The smallest absolute Gasteiger partial charge is 0.301 e. The highest BCUT2D eigenvalue weighted by Gasteiger charge is 2.27. The number of pyridine rings is 1. The third-order valence-electron chi connectivity index (χ3n) is 4.34. The van der Waals surface area contributed by atoms with E-state index in [9.17, 15) is 10.1 Å². The van der Waals surface area contributed by atoms with Crippen LogP contribution in [-0.4, -0.2) is 44.0 Å². The molecule has 4 heterocycles. The lowest BCUT2D eigenvalue weighted by atomic mass is 10.2. The fourth-order valence-corrected chi connectivity index (χ4v) is 3.13. The summed E-state index contributed by atoms with van der Waals surface area (Å²) in [4.78, 5) is 31.7. The van der Waals surface area contributed by atoms with Gasteiger partial charge in [-0.1, -0.05) is 7.43 Å². The van der Waals surface area contributed by atoms with Gasteiger partial charge in [-0.05, 0) is 12.5 Å². The molecule has 4 rings (SSSR count). The van der Waals surface area contributed by atoms with Crippen LogP contribution in [0.3, 0.4) is 0 Å². The number of H-pyrrole nitrogens is 1. The summed E-state index contributed by atoms with van der Waals surface area (Å²) >= 11 is 0. The van der Waals surface area contributed by atoms with Crippen LogP contribution in [0.4, 0.5) is 23.0 Å². The van der Waals surface area contributed by atoms with E-state index in [0.29, 0.717) is 6.54 Å². The van der Waals surface area contributed by atoms with E-state index in [1.807, 2.05) is 12.3 Å². The Balaban J connectivity index is 0.00000210. The number of aromatic amines is 1. The van der Waals surface area contributed by atoms with Crippen molar-refractivity contribution in [3.05, 3.63) is 52.4 Å². The average Bonchev–Trinajstić information content (AvgIpc) is 3.30. The van der Waals surface area contributed by atoms with Crippen LogP contribution in [-0.2, 0) is 0 Å². The first-order chi connectivity index (χ1) is 12.7. The van der Waals surface area contributed by atoms with Gasteiger partial charge in [-0.15, -0.1) is 0 Å². The van der Waals surface area contributed by atoms with Gasteiger partial charge in [0.05, 0.1) is 16.9 Å². The van der Waals surface area contributed by atoms with Crippen LogP contribution in [0, 0.1) is 16.7 Å². The van der Waals surface area contributed by atoms with Crippen molar-refractivity contribution in [1.82, 2.24) is 19.9 Å². The lowest BCUT2D eigenvalue weighted by Crippen LogP contribution is -2.27. The Morgan fingerprint density at radius 3 is 3.04 bits per heavy atom. The van der Waals surface area contributed by atoms with Crippen LogP contribution in [0.1, 0.15) is 13.8 Å². The quantitative estimate of drug-likeness (QED) is 0.414. The molecule has 10 nitrogen and oxygen atoms in total. The van der Waals surface area contributed by atoms with Crippen molar-refractivity contribution in [3.8, 4) is 0 Å². The number of fused-ring (bicyclic) bond motifs is 1. The van der Waals surface area contributed by atoms with Gasteiger partial charge >= 0.3 is 5.69 Å². The minimum Gasteiger partial charge on any atom is -0.360 e. The Hall–Kier alpha value is -3.74. The molecule has 1 fully saturated rings. The molecule has 1 aliphatic heterocycles. The maximum atomic E-state index is 11.3. The first-order valence-corrected chi connectivity index (χ1v) is 7.97. The van der Waals surface area contributed by atoms with Crippen LogP contribution >= 0.6 is 0 Å². The van der Waals surface area contributed by atoms with Gasteiger partial charge < -0.3 is 15.2 Å². The topological polar surface area (TPSA) is 117 Å². The fraction of sp³-hybridized carbons (Fsp3) is 0.294. The molecule has 1 atom stereocenters. The Labute approximate surface area is 155 Å². The molecule has 3 aromatic rings. The molecule has 138 valence electrons. The van der Waals surface area contributed by atoms with E-state index < -0.39 is 4.92 Å². The number of hydrogen-bond acceptors (Lipinski definition) is 7. The molecule has 1 saturated heterocycles. The van der Waals surface area contributed by atoms with Gasteiger partial charge in [0, 0.05) is 37.6 Å². The van der Waals surface area contributed by atoms with Crippen LogP contribution in [0.25, 0.3) is 15.9 Å². The largest absolute Gasteiger partial charge is 0.360 e. The lowest BCUT2D eigenvalue weighted by Gasteiger charge is -2.18. The number of nitro groups is 1. The molecule has 3 aromatic heterocycles. The predicted octanol–water partition coefficient (Wildman–Crippen LogP) is 3.14. The third-order valence-corrected chi connectivity index (χ3v) is 4.34. The summed E-state index contributed by atoms with van der Waals surface area (Å²) in [6.45, 7) is 8.38. The van der Waals surface area contributed by atoms with E-state index in [1.54, 1.807) is 0 Å². The molecule has 0 aliphatic carbocycles. The Kier molecular flexibility index (Phi) is 4.85. The van der Waals surface area contributed by atoms with E-state index in [2.05, 4.69) is 35.0 Å². The number of nitrogens with zero attached hydrogens (tertiary/aromatic N) is 6. The van der Waals surface area contributed by atoms with E-state index in [4.69, 9.17) is 6.57 Å². The Bertz CT molecular complexity index is 1030. The van der Waals surface area contributed by atoms with Crippen LogP contribution in [0.15, 0.2) is 30.9 Å². The summed E-state index contributed by atoms with van der Waals surface area (Å²) in [5.74, 6) is 1.02. The number of hydrogen-bond donors (Lipinski definition) is 2. The summed E-state index contributed by atoms with van der Waals surface area (Å²) in [6.07, 6.45) is 5.47. The van der Waals surface area contributed by atoms with Crippen LogP contribution < -0.4 is 10.2 Å². The predicted molar refractivity (Wildman–Crippen MR) is 102 cm³/mol. The van der Waals surface area contributed by atoms with Crippen molar-refractivity contribution in [2.75, 3.05) is 23.3 Å². The van der Waals surface area contributed by atoms with Crippen molar-refractivity contribution in [2.45, 2.75) is 19.9 Å². The van der Waals surface area contributed by atoms with Gasteiger partial charge in [-0.3, -0.25) is 10.1 Å². The third kappa shape index (κ3) is 3.35. The van der Waals surface area contributed by atoms with Crippen LogP contribution in [0.2, 0.25) is 0 Å². The normalized spacial score (nSPS) is 16.0. The standard InChI is InChI=1S/C16H14N8O2.CH4/c1-17-11-6-13(24(25)26)15(19-7-11)22-10-3-5-23(8-10)16-12-2-4-18-14(12)20-9-21-16;/h2,4,6-7,9-10H,3,5,8H2,(H,19,22)(H,18,20,21);1H4/t10-;/m1./s1. The monoisotopic (exact) mass is 366 g/mol. The molecule has 0 radical (unpaired) electrons. The second-order valence-electron chi connectivity index (χ2n) is 5.94. The SMILES string of the molecule is C.[C-]#[N+]c1cnc(N[C@@H]2CCN(c3ncnc4[nH]ccc34)C2)c([N+](=O)[O-])c1. The lowest BCUT2D eigenvalue weighted by molar-refractivity contribution is -0.384. The van der Waals surface area contributed by atoms with Gasteiger partial charge in [0.2, 0.25) is 11.5 Å². The second kappa shape index (κ2) is 7.25. The second-order valence-corrected chi connectivity index (χ2v) is 5.94. The molecular formula is C17H18N8O2. The Morgan fingerprint density at radius 1 is 1.41 bits per heavy atom. The van der Waals surface area contributed by atoms with Gasteiger partial charge in [-0.2, -0.15) is 0 Å². The van der Waals surface area contributed by atoms with Gasteiger partial charge in [0.15, 0.2) is 0 Å². The molecule has 0 amide bonds. The summed E-state index contributed by atoms with van der Waals surface area (Å²) in [5, 5.41) is 15.3. The molecule has 0 bridgehead atoms. The highest BCUT2D eigenvalue weighted by Crippen LogP contribution is 2.30. The molecule has 0 spiro atoms. The zero-order chi connectivity index (χ0) is 18.1. The molecule has 0 unspecified atom stereocenters. The van der Waals surface area contributed by atoms with Gasteiger partial charge in [0.1, 0.15) is 17.8 Å². The number of nitrogens with one attached hydrogen (secondary N) is 2. The number of rotatable bonds is 4. The first kappa shape index (κ1) is 18.1. The molecule has 10 heteroatoms. The fourth-order valence-electron chi connectivity index (χ4n) is 3.13. The molecule has 0 aromatic carbocycles. The van der Waals surface area contributed by atoms with Gasteiger partial charge in [-0.25, -0.2) is 19.8 Å². The minimum atomic E-state index is -0.523. The molecule has 1 aliphatic rings. The molecule has 2 N–H and O–H groups in total. The maximum Gasteiger partial charge on any atom is 0.301 e. The number of aromatic nitrogens is 4. The van der Waals surface area contributed by atoms with E-state index in [1.165, 1.54) is 18.6 Å². The zero-order valence-electron chi connectivity index (χ0n) is 13.6. The van der Waals surface area contributed by atoms with Crippen molar-refractivity contribution in [3.63, 3.8) is 0 Å². The summed E-state index contributed by atoms with van der Waals surface area (Å²) in [7, 11) is 0. The van der Waals surface area contributed by atoms with Crippen molar-refractivity contribution < 1.29 is 4.92 Å². The van der Waals surface area contributed by atoms with Crippen molar-refractivity contribution in [2.24, 2.45) is 0 Å². The Morgan fingerprint density at radius 2 is 2.26 bits per heavy atom. The summed E-state index contributed by atoms with van der Waals surface area (Å²) in [5.41, 5.74) is 0.733. The van der Waals surface area contributed by atoms with Crippen molar-refractivity contribution in [1.29, 1.82) is 0 Å². The molecular weight excluding hydrogens is 348 g/mol. The summed E-state index contributed by atoms with van der Waals surface area (Å²) < 4.78 is 0. The highest BCUT2D eigenvalue weighted by atomic mass is 16.6. The highest BCUT2D eigenvalue weighted by molar-refractivity contribution is 5.87. The molecule has 27 heavy (non-hydrogen) atoms. The summed E-state index contributed by atoms with van der Waals surface area (Å²) in [6, 6.07) is 3.16. The van der Waals surface area contributed by atoms with Crippen molar-refractivity contribution >= 4 is 34.0 Å². The zero-order valence-corrected chi connectivity index (χ0v) is 13.6. The van der Waals surface area contributed by atoms with E-state index in [-0.39, 0.29) is 30.7 Å². The van der Waals surface area contributed by atoms with Crippen LogP contribution in [0.5, 0.6) is 0 Å². The first-order valence-electron chi connectivity index (χ1n) is 7.97. The molecule has 0 saturated carbocycles.